The van der Waals surface area contributed by atoms with Crippen molar-refractivity contribution in [2.24, 2.45) is 0 Å². The van der Waals surface area contributed by atoms with Crippen molar-refractivity contribution < 1.29 is 19.1 Å². The van der Waals surface area contributed by atoms with Crippen LogP contribution in [0.2, 0.25) is 0 Å². The Balaban J connectivity index is 1.67. The van der Waals surface area contributed by atoms with Crippen LogP contribution in [-0.2, 0) is 22.7 Å². The molecule has 0 saturated carbocycles. The number of hydrogen-bond acceptors (Lipinski definition) is 5. The normalized spacial score (nSPS) is 12.6. The van der Waals surface area contributed by atoms with Gasteiger partial charge in [-0.1, -0.05) is 78.9 Å². The summed E-state index contributed by atoms with van der Waals surface area (Å²) < 4.78 is 10.6. The topological polar surface area (TPSA) is 67.9 Å². The average molecular weight is 515 g/mol. The minimum atomic E-state index is -0.490. The van der Waals surface area contributed by atoms with Crippen LogP contribution < -0.4 is 10.1 Å². The van der Waals surface area contributed by atoms with E-state index in [1.807, 2.05) is 78.9 Å². The highest BCUT2D eigenvalue weighted by Crippen LogP contribution is 2.27. The molecule has 200 valence electrons. The van der Waals surface area contributed by atoms with Crippen LogP contribution >= 0.6 is 0 Å². The fourth-order valence-corrected chi connectivity index (χ4v) is 4.19. The summed E-state index contributed by atoms with van der Waals surface area (Å²) in [6, 6.07) is 27.4. The zero-order valence-corrected chi connectivity index (χ0v) is 22.7. The van der Waals surface area contributed by atoms with Crippen LogP contribution in [0.25, 0.3) is 0 Å². The fraction of sp³-hybridized carbons (Fsp3) is 0.312. The molecule has 0 heterocycles. The van der Waals surface area contributed by atoms with Gasteiger partial charge in [-0.05, 0) is 61.7 Å². The number of amides is 1. The van der Waals surface area contributed by atoms with Gasteiger partial charge in [0.2, 0.25) is 0 Å². The summed E-state index contributed by atoms with van der Waals surface area (Å²) in [5.74, 6) is 0.648. The van der Waals surface area contributed by atoms with Crippen LogP contribution in [0, 0.1) is 0 Å². The van der Waals surface area contributed by atoms with Crippen molar-refractivity contribution >= 4 is 12.4 Å². The monoisotopic (exact) mass is 514 g/mol. The van der Waals surface area contributed by atoms with E-state index in [4.69, 9.17) is 9.47 Å². The van der Waals surface area contributed by atoms with Crippen LogP contribution in [-0.4, -0.2) is 43.5 Å². The van der Waals surface area contributed by atoms with Gasteiger partial charge in [-0.25, -0.2) is 4.79 Å². The Morgan fingerprint density at radius 1 is 0.947 bits per heavy atom. The van der Waals surface area contributed by atoms with Gasteiger partial charge in [0, 0.05) is 24.5 Å². The van der Waals surface area contributed by atoms with Crippen molar-refractivity contribution in [3.8, 4) is 5.75 Å². The number of methoxy groups -OCH3 is 1. The highest BCUT2D eigenvalue weighted by molar-refractivity contribution is 5.74. The zero-order chi connectivity index (χ0) is 27.4. The number of carbonyl (C=O) groups is 2. The lowest BCUT2D eigenvalue weighted by Gasteiger charge is -2.36. The van der Waals surface area contributed by atoms with Gasteiger partial charge in [0.05, 0.1) is 7.11 Å². The van der Waals surface area contributed by atoms with Crippen LogP contribution in [0.3, 0.4) is 0 Å². The Kier molecular flexibility index (Phi) is 10.7. The quantitative estimate of drug-likeness (QED) is 0.219. The molecule has 1 N–H and O–H groups in total. The molecule has 3 rings (SSSR count). The first-order valence-electron chi connectivity index (χ1n) is 12.8. The molecular weight excluding hydrogens is 476 g/mol. The van der Waals surface area contributed by atoms with E-state index in [2.05, 4.69) is 43.2 Å². The summed E-state index contributed by atoms with van der Waals surface area (Å²) in [5.41, 5.74) is 3.50. The summed E-state index contributed by atoms with van der Waals surface area (Å²) in [4.78, 5) is 26.8. The first-order chi connectivity index (χ1) is 18.3. The van der Waals surface area contributed by atoms with Crippen molar-refractivity contribution in [2.45, 2.75) is 44.9 Å². The molecule has 0 aliphatic heterocycles. The summed E-state index contributed by atoms with van der Waals surface area (Å²) >= 11 is 0. The number of nitrogens with zero attached hydrogens (tertiary/aromatic N) is 1. The number of carbonyl (C=O) groups excluding carboxylic acids is 2. The summed E-state index contributed by atoms with van der Waals surface area (Å²) in [5, 5.41) is 2.87. The van der Waals surface area contributed by atoms with E-state index >= 15 is 0 Å². The third kappa shape index (κ3) is 8.89. The second kappa shape index (κ2) is 14.1. The van der Waals surface area contributed by atoms with E-state index in [0.29, 0.717) is 18.5 Å². The van der Waals surface area contributed by atoms with Gasteiger partial charge in [0.15, 0.2) is 0 Å². The molecule has 1 unspecified atom stereocenters. The predicted molar refractivity (Wildman–Crippen MR) is 151 cm³/mol. The highest BCUT2D eigenvalue weighted by atomic mass is 16.5. The Hall–Kier alpha value is -3.90. The number of benzene rings is 3. The van der Waals surface area contributed by atoms with Gasteiger partial charge in [-0.2, -0.15) is 0 Å². The zero-order valence-electron chi connectivity index (χ0n) is 22.7. The van der Waals surface area contributed by atoms with Gasteiger partial charge in [-0.15, -0.1) is 0 Å². The molecule has 3 aromatic rings. The number of rotatable bonds is 13. The van der Waals surface area contributed by atoms with Crippen molar-refractivity contribution in [3.63, 3.8) is 0 Å². The fourth-order valence-electron chi connectivity index (χ4n) is 4.19. The molecule has 1 atom stereocenters. The molecule has 0 bridgehead atoms. The lowest BCUT2D eigenvalue weighted by Crippen LogP contribution is -2.41. The molecular formula is C32H38N2O4. The van der Waals surface area contributed by atoms with Crippen molar-refractivity contribution in [2.75, 3.05) is 20.7 Å². The van der Waals surface area contributed by atoms with Gasteiger partial charge in [0.25, 0.3) is 0 Å². The Bertz CT molecular complexity index is 1180. The Morgan fingerprint density at radius 2 is 1.58 bits per heavy atom. The minimum absolute atomic E-state index is 0.177. The second-order valence-electron chi connectivity index (χ2n) is 10.0. The molecule has 6 heteroatoms. The van der Waals surface area contributed by atoms with Crippen molar-refractivity contribution in [1.82, 2.24) is 10.2 Å². The first-order valence-corrected chi connectivity index (χ1v) is 12.8. The summed E-state index contributed by atoms with van der Waals surface area (Å²) in [6.45, 7) is 5.51. The smallest absolute Gasteiger partial charge is 0.407 e. The first kappa shape index (κ1) is 28.7. The van der Waals surface area contributed by atoms with Crippen molar-refractivity contribution in [3.05, 3.63) is 113 Å². The van der Waals surface area contributed by atoms with Gasteiger partial charge < -0.3 is 14.8 Å². The molecule has 0 aliphatic carbocycles. The van der Waals surface area contributed by atoms with E-state index in [9.17, 15) is 9.59 Å². The maximum absolute atomic E-state index is 12.4. The molecule has 6 nitrogen and oxygen atoms in total. The third-order valence-electron chi connectivity index (χ3n) is 6.72. The molecule has 1 amide bonds. The summed E-state index contributed by atoms with van der Waals surface area (Å²) in [7, 11) is 3.72. The molecule has 0 saturated heterocycles. The SMILES string of the molecule is COc1ccc(CN(C)C(C)(C)C/C(C=O)=C/C(CNC(=O)OCc2ccccc2)c2ccccc2)cc1. The Labute approximate surface area is 226 Å². The molecule has 0 aromatic heterocycles. The molecule has 0 aliphatic rings. The lowest BCUT2D eigenvalue weighted by atomic mass is 9.89. The van der Waals surface area contributed by atoms with E-state index < -0.39 is 6.09 Å². The maximum Gasteiger partial charge on any atom is 0.407 e. The van der Waals surface area contributed by atoms with Crippen molar-refractivity contribution in [1.29, 1.82) is 0 Å². The van der Waals surface area contributed by atoms with Gasteiger partial charge in [-0.3, -0.25) is 9.69 Å². The standard InChI is InChI=1S/C32H38N2O4/c1-32(2,34(3)22-25-15-17-30(37-4)18-16-25)20-27(23-35)19-29(28-13-9-6-10-14-28)21-33-31(36)38-24-26-11-7-5-8-12-26/h5-19,23,29H,20-22,24H2,1-4H3,(H,33,36)/b27-19-. The van der Waals surface area contributed by atoms with Gasteiger partial charge >= 0.3 is 6.09 Å². The maximum atomic E-state index is 12.4. The molecule has 3 aromatic carbocycles. The van der Waals surface area contributed by atoms with E-state index in [1.54, 1.807) is 7.11 Å². The predicted octanol–water partition coefficient (Wildman–Crippen LogP) is 6.13. The number of hydrogen-bond donors (Lipinski definition) is 1. The largest absolute Gasteiger partial charge is 0.497 e. The minimum Gasteiger partial charge on any atom is -0.497 e. The number of alkyl carbamates (subject to hydrolysis) is 1. The van der Waals surface area contributed by atoms with Crippen LogP contribution in [0.5, 0.6) is 5.75 Å². The van der Waals surface area contributed by atoms with E-state index in [1.165, 1.54) is 5.56 Å². The van der Waals surface area contributed by atoms with Gasteiger partial charge in [0.1, 0.15) is 18.6 Å². The van der Waals surface area contributed by atoms with E-state index in [0.717, 1.165) is 29.7 Å². The Morgan fingerprint density at radius 3 is 2.18 bits per heavy atom. The van der Waals surface area contributed by atoms with Crippen LogP contribution in [0.4, 0.5) is 4.79 Å². The summed E-state index contributed by atoms with van der Waals surface area (Å²) in [6.07, 6.45) is 2.95. The number of aldehydes is 1. The lowest BCUT2D eigenvalue weighted by molar-refractivity contribution is -0.105. The molecule has 0 radical (unpaired) electrons. The average Bonchev–Trinajstić information content (AvgIpc) is 2.94. The molecule has 0 fully saturated rings. The second-order valence-corrected chi connectivity index (χ2v) is 10.0. The van der Waals surface area contributed by atoms with Crippen LogP contribution in [0.1, 0.15) is 42.9 Å². The molecule has 0 spiro atoms. The number of nitrogens with one attached hydrogen (secondary N) is 1. The van der Waals surface area contributed by atoms with Crippen LogP contribution in [0.15, 0.2) is 96.6 Å². The highest BCUT2D eigenvalue weighted by Gasteiger charge is 2.26. The molecule has 38 heavy (non-hydrogen) atoms. The number of ether oxygens (including phenoxy) is 2. The third-order valence-corrected chi connectivity index (χ3v) is 6.72. The van der Waals surface area contributed by atoms with E-state index in [-0.39, 0.29) is 18.1 Å².